The number of benzene rings is 2. The summed E-state index contributed by atoms with van der Waals surface area (Å²) in [7, 11) is 0. The number of aryl methyl sites for hydroxylation is 2. The molecule has 2 rings (SSSR count). The lowest BCUT2D eigenvalue weighted by Crippen LogP contribution is -2.05. The number of carboxylic acid groups (broad SMARTS) is 1. The zero-order valence-corrected chi connectivity index (χ0v) is 10.7. The van der Waals surface area contributed by atoms with Crippen molar-refractivity contribution in [2.24, 2.45) is 0 Å². The van der Waals surface area contributed by atoms with Gasteiger partial charge in [0.05, 0.1) is 5.69 Å². The Labute approximate surface area is 110 Å². The molecule has 2 aromatic carbocycles. The Morgan fingerprint density at radius 2 is 1.89 bits per heavy atom. The van der Waals surface area contributed by atoms with E-state index in [1.54, 1.807) is 6.07 Å². The molecular weight excluding hydrogens is 245 g/mol. The van der Waals surface area contributed by atoms with E-state index in [-0.39, 0.29) is 11.3 Å². The van der Waals surface area contributed by atoms with Gasteiger partial charge in [-0.2, -0.15) is 0 Å². The van der Waals surface area contributed by atoms with Crippen LogP contribution in [0.4, 0.5) is 15.8 Å². The zero-order chi connectivity index (χ0) is 14.0. The maximum Gasteiger partial charge on any atom is 0.340 e. The fraction of sp³-hybridized carbons (Fsp3) is 0.133. The third-order valence-corrected chi connectivity index (χ3v) is 3.01. The molecule has 19 heavy (non-hydrogen) atoms. The highest BCUT2D eigenvalue weighted by Gasteiger charge is 2.15. The van der Waals surface area contributed by atoms with E-state index in [9.17, 15) is 9.18 Å². The number of aromatic carboxylic acids is 1. The fourth-order valence-corrected chi connectivity index (χ4v) is 1.82. The summed E-state index contributed by atoms with van der Waals surface area (Å²) in [5, 5.41) is 12.0. The Kier molecular flexibility index (Phi) is 3.51. The quantitative estimate of drug-likeness (QED) is 0.879. The second kappa shape index (κ2) is 5.10. The minimum absolute atomic E-state index is 0.246. The summed E-state index contributed by atoms with van der Waals surface area (Å²) in [6.45, 7) is 3.95. The van der Waals surface area contributed by atoms with Gasteiger partial charge in [-0.1, -0.05) is 12.1 Å². The van der Waals surface area contributed by atoms with E-state index in [1.165, 1.54) is 6.07 Å². The van der Waals surface area contributed by atoms with Gasteiger partial charge in [0.15, 0.2) is 0 Å². The highest BCUT2D eigenvalue weighted by molar-refractivity contribution is 5.95. The third kappa shape index (κ3) is 2.73. The largest absolute Gasteiger partial charge is 0.478 e. The van der Waals surface area contributed by atoms with Crippen molar-refractivity contribution in [3.8, 4) is 0 Å². The van der Waals surface area contributed by atoms with Crippen LogP contribution < -0.4 is 5.32 Å². The Hall–Kier alpha value is -2.36. The van der Waals surface area contributed by atoms with E-state index in [0.29, 0.717) is 0 Å². The van der Waals surface area contributed by atoms with Crippen LogP contribution in [0.3, 0.4) is 0 Å². The molecule has 0 aromatic heterocycles. The van der Waals surface area contributed by atoms with Gasteiger partial charge in [0.1, 0.15) is 11.4 Å². The van der Waals surface area contributed by atoms with Gasteiger partial charge in [0.2, 0.25) is 0 Å². The summed E-state index contributed by atoms with van der Waals surface area (Å²) < 4.78 is 13.5. The first-order valence-corrected chi connectivity index (χ1v) is 5.85. The third-order valence-electron chi connectivity index (χ3n) is 3.01. The molecule has 0 aliphatic heterocycles. The Bertz CT molecular complexity index is 638. The summed E-state index contributed by atoms with van der Waals surface area (Å²) in [4.78, 5) is 11.1. The minimum atomic E-state index is -1.29. The number of halogens is 1. The molecular formula is C15H14FNO2. The number of anilines is 2. The van der Waals surface area contributed by atoms with Gasteiger partial charge in [0.25, 0.3) is 0 Å². The number of carboxylic acids is 1. The zero-order valence-electron chi connectivity index (χ0n) is 10.7. The highest BCUT2D eigenvalue weighted by atomic mass is 19.1. The summed E-state index contributed by atoms with van der Waals surface area (Å²) in [5.41, 5.74) is 2.86. The van der Waals surface area contributed by atoms with E-state index >= 15 is 0 Å². The lowest BCUT2D eigenvalue weighted by molar-refractivity contribution is 0.0693. The van der Waals surface area contributed by atoms with Crippen molar-refractivity contribution in [1.82, 2.24) is 0 Å². The topological polar surface area (TPSA) is 49.3 Å². The van der Waals surface area contributed by atoms with Crippen molar-refractivity contribution in [2.75, 3.05) is 5.32 Å². The van der Waals surface area contributed by atoms with Crippen LogP contribution in [0.1, 0.15) is 21.5 Å². The lowest BCUT2D eigenvalue weighted by Gasteiger charge is -2.11. The Morgan fingerprint density at radius 3 is 2.53 bits per heavy atom. The second-order valence-electron chi connectivity index (χ2n) is 4.39. The van der Waals surface area contributed by atoms with Gasteiger partial charge in [0, 0.05) is 5.69 Å². The number of rotatable bonds is 3. The van der Waals surface area contributed by atoms with Crippen LogP contribution in [-0.2, 0) is 0 Å². The van der Waals surface area contributed by atoms with Crippen molar-refractivity contribution in [3.05, 3.63) is 58.9 Å². The van der Waals surface area contributed by atoms with Gasteiger partial charge in [-0.15, -0.1) is 0 Å². The molecule has 0 atom stereocenters. The van der Waals surface area contributed by atoms with Crippen molar-refractivity contribution in [3.63, 3.8) is 0 Å². The van der Waals surface area contributed by atoms with Crippen LogP contribution >= 0.6 is 0 Å². The maximum absolute atomic E-state index is 13.5. The maximum atomic E-state index is 13.5. The van der Waals surface area contributed by atoms with E-state index in [0.717, 1.165) is 22.9 Å². The summed E-state index contributed by atoms with van der Waals surface area (Å²) in [6.07, 6.45) is 0. The second-order valence-corrected chi connectivity index (χ2v) is 4.39. The molecule has 0 spiro atoms. The first-order chi connectivity index (χ1) is 8.99. The molecule has 0 radical (unpaired) electrons. The van der Waals surface area contributed by atoms with E-state index < -0.39 is 11.8 Å². The molecule has 0 amide bonds. The lowest BCUT2D eigenvalue weighted by atomic mass is 10.1. The Balaban J connectivity index is 2.40. The minimum Gasteiger partial charge on any atom is -0.478 e. The van der Waals surface area contributed by atoms with Crippen LogP contribution in [0, 0.1) is 19.7 Å². The van der Waals surface area contributed by atoms with Crippen LogP contribution in [0.25, 0.3) is 0 Å². The molecule has 0 bridgehead atoms. The van der Waals surface area contributed by atoms with E-state index in [2.05, 4.69) is 5.32 Å². The molecule has 4 heteroatoms. The molecule has 3 nitrogen and oxygen atoms in total. The van der Waals surface area contributed by atoms with E-state index in [4.69, 9.17) is 5.11 Å². The van der Waals surface area contributed by atoms with Crippen molar-refractivity contribution < 1.29 is 14.3 Å². The molecule has 2 N–H and O–H groups in total. The van der Waals surface area contributed by atoms with Gasteiger partial charge < -0.3 is 10.4 Å². The summed E-state index contributed by atoms with van der Waals surface area (Å²) >= 11 is 0. The van der Waals surface area contributed by atoms with Crippen molar-refractivity contribution in [1.29, 1.82) is 0 Å². The molecule has 0 aliphatic rings. The van der Waals surface area contributed by atoms with Gasteiger partial charge in [-0.3, -0.25) is 0 Å². The first-order valence-electron chi connectivity index (χ1n) is 5.85. The number of hydrogen-bond donors (Lipinski definition) is 2. The van der Waals surface area contributed by atoms with Crippen molar-refractivity contribution in [2.45, 2.75) is 13.8 Å². The van der Waals surface area contributed by atoms with Crippen LogP contribution in [0.2, 0.25) is 0 Å². The molecule has 2 aromatic rings. The predicted molar refractivity (Wildman–Crippen MR) is 72.6 cm³/mol. The van der Waals surface area contributed by atoms with E-state index in [1.807, 2.05) is 32.0 Å². The van der Waals surface area contributed by atoms with Crippen LogP contribution in [0.5, 0.6) is 0 Å². The normalized spacial score (nSPS) is 10.3. The van der Waals surface area contributed by atoms with Gasteiger partial charge in [-0.05, 0) is 49.2 Å². The highest BCUT2D eigenvalue weighted by Crippen LogP contribution is 2.24. The molecule has 0 saturated heterocycles. The Morgan fingerprint density at radius 1 is 1.16 bits per heavy atom. The molecule has 0 unspecified atom stereocenters. The number of hydrogen-bond acceptors (Lipinski definition) is 2. The van der Waals surface area contributed by atoms with Gasteiger partial charge >= 0.3 is 5.97 Å². The molecule has 0 saturated carbocycles. The number of carbonyl (C=O) groups is 1. The van der Waals surface area contributed by atoms with Gasteiger partial charge in [-0.25, -0.2) is 9.18 Å². The number of nitrogens with one attached hydrogen (secondary N) is 1. The molecule has 98 valence electrons. The van der Waals surface area contributed by atoms with Crippen molar-refractivity contribution >= 4 is 17.3 Å². The summed E-state index contributed by atoms with van der Waals surface area (Å²) in [5.74, 6) is -2.04. The molecule has 0 heterocycles. The SMILES string of the molecule is Cc1ccc(Nc2cccc(F)c2C(=O)O)cc1C. The summed E-state index contributed by atoms with van der Waals surface area (Å²) in [6, 6.07) is 9.81. The average molecular weight is 259 g/mol. The first kappa shape index (κ1) is 13.1. The smallest absolute Gasteiger partial charge is 0.340 e. The molecule has 0 fully saturated rings. The van der Waals surface area contributed by atoms with Crippen LogP contribution in [0.15, 0.2) is 36.4 Å². The standard InChI is InChI=1S/C15H14FNO2/c1-9-6-7-11(8-10(9)2)17-13-5-3-4-12(16)14(13)15(18)19/h3-8,17H,1-2H3,(H,18,19). The monoisotopic (exact) mass is 259 g/mol. The average Bonchev–Trinajstić information content (AvgIpc) is 2.33. The fourth-order valence-electron chi connectivity index (χ4n) is 1.82. The predicted octanol–water partition coefficient (Wildman–Crippen LogP) is 3.88. The molecule has 0 aliphatic carbocycles. The van der Waals surface area contributed by atoms with Crippen LogP contribution in [-0.4, -0.2) is 11.1 Å².